The molecule has 0 spiro atoms. The van der Waals surface area contributed by atoms with Gasteiger partial charge in [-0.1, -0.05) is 6.07 Å². The highest BCUT2D eigenvalue weighted by Gasteiger charge is 2.21. The highest BCUT2D eigenvalue weighted by Crippen LogP contribution is 2.19. The Balaban J connectivity index is 1.53. The van der Waals surface area contributed by atoms with Crippen molar-refractivity contribution in [2.45, 2.75) is 32.0 Å². The smallest absolute Gasteiger partial charge is 0.127 e. The second kappa shape index (κ2) is 8.99. The van der Waals surface area contributed by atoms with E-state index in [9.17, 15) is 0 Å². The molecule has 28 heavy (non-hydrogen) atoms. The van der Waals surface area contributed by atoms with Crippen LogP contribution in [0.25, 0.3) is 5.69 Å². The largest absolute Gasteiger partial charge is 0.497 e. The lowest BCUT2D eigenvalue weighted by molar-refractivity contribution is 0.0664. The van der Waals surface area contributed by atoms with Crippen LogP contribution in [0, 0.1) is 0 Å². The average molecular weight is 378 g/mol. The quantitative estimate of drug-likeness (QED) is 0.601. The van der Waals surface area contributed by atoms with Crippen molar-refractivity contribution in [2.24, 2.45) is 0 Å². The second-order valence-corrected chi connectivity index (χ2v) is 7.04. The fourth-order valence-corrected chi connectivity index (χ4v) is 3.61. The molecule has 0 amide bonds. The lowest BCUT2D eigenvalue weighted by atomic mass is 10.2. The number of aromatic nitrogens is 3. The molecular formula is C22H26N4O2. The molecule has 1 aliphatic rings. The van der Waals surface area contributed by atoms with Gasteiger partial charge < -0.3 is 14.0 Å². The molecular weight excluding hydrogens is 352 g/mol. The molecule has 6 heteroatoms. The van der Waals surface area contributed by atoms with E-state index < -0.39 is 0 Å². The fraction of sp³-hybridized carbons (Fsp3) is 0.364. The SMILES string of the molecule is COc1ccc(-n2ccnc2CN(Cc2ccccn2)CC2CCCO2)cc1. The average Bonchev–Trinajstić information content (AvgIpc) is 3.41. The van der Waals surface area contributed by atoms with Gasteiger partial charge in [-0.2, -0.15) is 0 Å². The first kappa shape index (κ1) is 18.7. The highest BCUT2D eigenvalue weighted by molar-refractivity contribution is 5.38. The summed E-state index contributed by atoms with van der Waals surface area (Å²) in [5.41, 5.74) is 2.13. The van der Waals surface area contributed by atoms with Crippen LogP contribution in [0.1, 0.15) is 24.4 Å². The maximum absolute atomic E-state index is 5.88. The van der Waals surface area contributed by atoms with Gasteiger partial charge in [0.1, 0.15) is 11.6 Å². The van der Waals surface area contributed by atoms with Gasteiger partial charge in [0.15, 0.2) is 0 Å². The maximum Gasteiger partial charge on any atom is 0.127 e. The molecule has 6 nitrogen and oxygen atoms in total. The number of hydrogen-bond acceptors (Lipinski definition) is 5. The summed E-state index contributed by atoms with van der Waals surface area (Å²) in [6, 6.07) is 14.1. The Hall–Kier alpha value is -2.70. The van der Waals surface area contributed by atoms with Crippen LogP contribution in [0.2, 0.25) is 0 Å². The van der Waals surface area contributed by atoms with Gasteiger partial charge in [0, 0.05) is 44.0 Å². The molecule has 146 valence electrons. The third-order valence-electron chi connectivity index (χ3n) is 5.03. The first-order valence-electron chi connectivity index (χ1n) is 9.72. The first-order chi connectivity index (χ1) is 13.8. The predicted molar refractivity (Wildman–Crippen MR) is 107 cm³/mol. The van der Waals surface area contributed by atoms with E-state index >= 15 is 0 Å². The van der Waals surface area contributed by atoms with Crippen LogP contribution in [0.5, 0.6) is 5.75 Å². The molecule has 1 unspecified atom stereocenters. The molecule has 4 rings (SSSR count). The van der Waals surface area contributed by atoms with Gasteiger partial charge in [0.25, 0.3) is 0 Å². The third kappa shape index (κ3) is 4.58. The first-order valence-corrected chi connectivity index (χ1v) is 9.72. The van der Waals surface area contributed by atoms with Gasteiger partial charge in [-0.15, -0.1) is 0 Å². The Morgan fingerprint density at radius 1 is 1.11 bits per heavy atom. The van der Waals surface area contributed by atoms with Crippen molar-refractivity contribution >= 4 is 0 Å². The summed E-state index contributed by atoms with van der Waals surface area (Å²) in [7, 11) is 1.68. The zero-order valence-corrected chi connectivity index (χ0v) is 16.2. The van der Waals surface area contributed by atoms with Gasteiger partial charge in [0.2, 0.25) is 0 Å². The molecule has 0 aliphatic carbocycles. The number of methoxy groups -OCH3 is 1. The van der Waals surface area contributed by atoms with Crippen molar-refractivity contribution in [1.29, 1.82) is 0 Å². The molecule has 1 fully saturated rings. The molecule has 2 aromatic heterocycles. The summed E-state index contributed by atoms with van der Waals surface area (Å²) in [4.78, 5) is 11.5. The molecule has 1 aliphatic heterocycles. The second-order valence-electron chi connectivity index (χ2n) is 7.04. The molecule has 0 radical (unpaired) electrons. The molecule has 1 saturated heterocycles. The number of imidazole rings is 1. The van der Waals surface area contributed by atoms with Crippen molar-refractivity contribution in [3.05, 3.63) is 72.6 Å². The topological polar surface area (TPSA) is 52.4 Å². The molecule has 1 aromatic carbocycles. The van der Waals surface area contributed by atoms with E-state index in [1.807, 2.05) is 55.0 Å². The Morgan fingerprint density at radius 3 is 2.71 bits per heavy atom. The minimum atomic E-state index is 0.285. The van der Waals surface area contributed by atoms with Crippen LogP contribution in [0.3, 0.4) is 0 Å². The minimum Gasteiger partial charge on any atom is -0.497 e. The van der Waals surface area contributed by atoms with Gasteiger partial charge in [-0.25, -0.2) is 4.98 Å². The number of nitrogens with zero attached hydrogens (tertiary/aromatic N) is 4. The van der Waals surface area contributed by atoms with Crippen LogP contribution in [-0.2, 0) is 17.8 Å². The van der Waals surface area contributed by atoms with Gasteiger partial charge >= 0.3 is 0 Å². The van der Waals surface area contributed by atoms with E-state index in [-0.39, 0.29) is 6.10 Å². The van der Waals surface area contributed by atoms with Crippen LogP contribution in [0.15, 0.2) is 61.1 Å². The van der Waals surface area contributed by atoms with E-state index in [1.54, 1.807) is 7.11 Å². The Kier molecular flexibility index (Phi) is 5.99. The molecule has 0 bridgehead atoms. The zero-order chi connectivity index (χ0) is 19.2. The van der Waals surface area contributed by atoms with Crippen molar-refractivity contribution in [2.75, 3.05) is 20.3 Å². The van der Waals surface area contributed by atoms with E-state index in [1.165, 1.54) is 0 Å². The zero-order valence-electron chi connectivity index (χ0n) is 16.2. The van der Waals surface area contributed by atoms with Crippen LogP contribution in [0.4, 0.5) is 0 Å². The molecule has 0 N–H and O–H groups in total. The Bertz CT molecular complexity index is 858. The maximum atomic E-state index is 5.88. The summed E-state index contributed by atoms with van der Waals surface area (Å²) in [6.45, 7) is 3.25. The van der Waals surface area contributed by atoms with Crippen molar-refractivity contribution in [3.63, 3.8) is 0 Å². The fourth-order valence-electron chi connectivity index (χ4n) is 3.61. The van der Waals surface area contributed by atoms with E-state index in [4.69, 9.17) is 9.47 Å². The van der Waals surface area contributed by atoms with Gasteiger partial charge in [-0.3, -0.25) is 9.88 Å². The Morgan fingerprint density at radius 2 is 2.00 bits per heavy atom. The number of pyridine rings is 1. The van der Waals surface area contributed by atoms with Crippen LogP contribution >= 0.6 is 0 Å². The summed E-state index contributed by atoms with van der Waals surface area (Å²) in [5, 5.41) is 0. The lowest BCUT2D eigenvalue weighted by Crippen LogP contribution is -2.32. The van der Waals surface area contributed by atoms with Gasteiger partial charge in [0.05, 0.1) is 25.5 Å². The third-order valence-corrected chi connectivity index (χ3v) is 5.03. The molecule has 0 saturated carbocycles. The minimum absolute atomic E-state index is 0.285. The number of rotatable bonds is 8. The normalized spacial score (nSPS) is 16.6. The number of benzene rings is 1. The molecule has 1 atom stereocenters. The van der Waals surface area contributed by atoms with E-state index in [2.05, 4.69) is 25.5 Å². The molecule has 3 aromatic rings. The predicted octanol–water partition coefficient (Wildman–Crippen LogP) is 3.46. The molecule has 3 heterocycles. The summed E-state index contributed by atoms with van der Waals surface area (Å²) < 4.78 is 13.3. The van der Waals surface area contributed by atoms with Crippen molar-refractivity contribution < 1.29 is 9.47 Å². The van der Waals surface area contributed by atoms with Crippen molar-refractivity contribution in [3.8, 4) is 11.4 Å². The summed E-state index contributed by atoms with van der Waals surface area (Å²) in [5.74, 6) is 1.85. The highest BCUT2D eigenvalue weighted by atomic mass is 16.5. The summed E-state index contributed by atoms with van der Waals surface area (Å²) >= 11 is 0. The van der Waals surface area contributed by atoms with E-state index in [0.29, 0.717) is 0 Å². The van der Waals surface area contributed by atoms with E-state index in [0.717, 1.165) is 62.0 Å². The van der Waals surface area contributed by atoms with Crippen LogP contribution < -0.4 is 4.74 Å². The number of ether oxygens (including phenoxy) is 2. The van der Waals surface area contributed by atoms with Crippen LogP contribution in [-0.4, -0.2) is 45.8 Å². The monoisotopic (exact) mass is 378 g/mol. The van der Waals surface area contributed by atoms with Crippen molar-refractivity contribution in [1.82, 2.24) is 19.4 Å². The Labute approximate surface area is 165 Å². The number of hydrogen-bond donors (Lipinski definition) is 0. The summed E-state index contributed by atoms with van der Waals surface area (Å²) in [6.07, 6.45) is 8.24. The van der Waals surface area contributed by atoms with Gasteiger partial charge in [-0.05, 0) is 49.2 Å². The lowest BCUT2D eigenvalue weighted by Gasteiger charge is -2.25. The standard InChI is InChI=1S/C22H26N4O2/c1-27-20-9-7-19(8-10-20)26-13-12-24-22(26)17-25(16-21-6-4-14-28-21)15-18-5-2-3-11-23-18/h2-3,5,7-13,21H,4,6,14-17H2,1H3.